The summed E-state index contributed by atoms with van der Waals surface area (Å²) in [6.45, 7) is 4.16. The molecule has 0 aliphatic rings. The van der Waals surface area contributed by atoms with Crippen LogP contribution in [0.25, 0.3) is 0 Å². The zero-order valence-corrected chi connectivity index (χ0v) is 19.8. The molecule has 3 aromatic carbocycles. The number of aliphatic imine (C=N–C) groups is 1. The number of amides is 1. The van der Waals surface area contributed by atoms with Crippen molar-refractivity contribution in [2.75, 3.05) is 18.5 Å². The maximum Gasteiger partial charge on any atom is 0.262 e. The van der Waals surface area contributed by atoms with Gasteiger partial charge in [-0.25, -0.2) is 0 Å². The fourth-order valence-corrected chi connectivity index (χ4v) is 3.54. The van der Waals surface area contributed by atoms with Gasteiger partial charge in [-0.05, 0) is 73.5 Å². The first kappa shape index (κ1) is 23.9. The molecule has 0 aliphatic carbocycles. The Morgan fingerprint density at radius 2 is 1.66 bits per heavy atom. The molecule has 0 fully saturated rings. The highest BCUT2D eigenvalue weighted by Crippen LogP contribution is 2.34. The summed E-state index contributed by atoms with van der Waals surface area (Å²) in [5.41, 5.74) is 2.95. The standard InChI is InChI=1S/C24H21Cl3N2O3/c1-3-31-19-8-6-17(7-9-19)28-13-16-10-21(26)24(22(27)11-16)32-14-23(30)29-18-5-4-15(2)20(25)12-18/h4-13H,3,14H2,1-2H3,(H,29,30). The van der Waals surface area contributed by atoms with E-state index < -0.39 is 0 Å². The van der Waals surface area contributed by atoms with Crippen LogP contribution in [0.1, 0.15) is 18.1 Å². The minimum atomic E-state index is -0.363. The van der Waals surface area contributed by atoms with Crippen molar-refractivity contribution in [2.24, 2.45) is 4.99 Å². The van der Waals surface area contributed by atoms with Gasteiger partial charge < -0.3 is 14.8 Å². The second-order valence-corrected chi connectivity index (χ2v) is 8.02. The first-order valence-corrected chi connectivity index (χ1v) is 10.9. The molecule has 0 radical (unpaired) electrons. The average molecular weight is 492 g/mol. The van der Waals surface area contributed by atoms with Crippen LogP contribution >= 0.6 is 34.8 Å². The number of ether oxygens (including phenoxy) is 2. The summed E-state index contributed by atoms with van der Waals surface area (Å²) in [7, 11) is 0. The minimum absolute atomic E-state index is 0.226. The molecule has 0 aromatic heterocycles. The summed E-state index contributed by atoms with van der Waals surface area (Å²) in [6, 6.07) is 16.0. The van der Waals surface area contributed by atoms with Crippen LogP contribution in [-0.4, -0.2) is 25.3 Å². The SMILES string of the molecule is CCOc1ccc(N=Cc2cc(Cl)c(OCC(=O)Nc3ccc(C)c(Cl)c3)c(Cl)c2)cc1. The van der Waals surface area contributed by atoms with E-state index in [4.69, 9.17) is 44.3 Å². The molecule has 0 saturated carbocycles. The van der Waals surface area contributed by atoms with Gasteiger partial charge in [0.15, 0.2) is 12.4 Å². The Balaban J connectivity index is 1.62. The molecule has 0 saturated heterocycles. The van der Waals surface area contributed by atoms with Crippen molar-refractivity contribution in [1.29, 1.82) is 0 Å². The topological polar surface area (TPSA) is 59.9 Å². The van der Waals surface area contributed by atoms with Crippen molar-refractivity contribution < 1.29 is 14.3 Å². The first-order chi connectivity index (χ1) is 15.4. The van der Waals surface area contributed by atoms with Gasteiger partial charge in [-0.2, -0.15) is 0 Å². The van der Waals surface area contributed by atoms with Gasteiger partial charge in [-0.15, -0.1) is 0 Å². The van der Waals surface area contributed by atoms with E-state index in [0.29, 0.717) is 22.9 Å². The minimum Gasteiger partial charge on any atom is -0.494 e. The number of carbonyl (C=O) groups is 1. The van der Waals surface area contributed by atoms with Gasteiger partial charge in [-0.1, -0.05) is 40.9 Å². The predicted octanol–water partition coefficient (Wildman–Crippen LogP) is 7.12. The lowest BCUT2D eigenvalue weighted by Crippen LogP contribution is -2.20. The van der Waals surface area contributed by atoms with Crippen LogP contribution in [-0.2, 0) is 4.79 Å². The fourth-order valence-electron chi connectivity index (χ4n) is 2.74. The summed E-state index contributed by atoms with van der Waals surface area (Å²) < 4.78 is 11.0. The van der Waals surface area contributed by atoms with Crippen molar-refractivity contribution in [3.05, 3.63) is 80.8 Å². The van der Waals surface area contributed by atoms with E-state index in [1.54, 1.807) is 30.5 Å². The molecule has 0 aliphatic heterocycles. The van der Waals surface area contributed by atoms with Crippen molar-refractivity contribution in [2.45, 2.75) is 13.8 Å². The zero-order valence-electron chi connectivity index (χ0n) is 17.5. The fraction of sp³-hybridized carbons (Fsp3) is 0.167. The van der Waals surface area contributed by atoms with Crippen LogP contribution in [0.15, 0.2) is 59.6 Å². The monoisotopic (exact) mass is 490 g/mol. The summed E-state index contributed by atoms with van der Waals surface area (Å²) in [5.74, 6) is 0.649. The van der Waals surface area contributed by atoms with E-state index in [9.17, 15) is 4.79 Å². The molecule has 1 amide bonds. The number of benzene rings is 3. The van der Waals surface area contributed by atoms with E-state index in [-0.39, 0.29) is 28.3 Å². The highest BCUT2D eigenvalue weighted by molar-refractivity contribution is 6.37. The Bertz CT molecular complexity index is 1110. The number of hydrogen-bond acceptors (Lipinski definition) is 4. The Labute approximate surface area is 201 Å². The Morgan fingerprint density at radius 1 is 0.969 bits per heavy atom. The first-order valence-electron chi connectivity index (χ1n) is 9.80. The molecule has 0 heterocycles. The Hall–Kier alpha value is -2.73. The average Bonchev–Trinajstić information content (AvgIpc) is 2.75. The van der Waals surface area contributed by atoms with E-state index >= 15 is 0 Å². The van der Waals surface area contributed by atoms with Crippen LogP contribution < -0.4 is 14.8 Å². The van der Waals surface area contributed by atoms with Crippen molar-refractivity contribution >= 4 is 58.3 Å². The van der Waals surface area contributed by atoms with Gasteiger partial charge in [0, 0.05) is 16.9 Å². The molecular weight excluding hydrogens is 471 g/mol. The molecule has 0 atom stereocenters. The number of halogens is 3. The Kier molecular flexibility index (Phi) is 8.39. The molecule has 3 aromatic rings. The van der Waals surface area contributed by atoms with E-state index in [0.717, 1.165) is 17.0 Å². The largest absolute Gasteiger partial charge is 0.494 e. The van der Waals surface area contributed by atoms with Gasteiger partial charge in [-0.3, -0.25) is 9.79 Å². The highest BCUT2D eigenvalue weighted by atomic mass is 35.5. The van der Waals surface area contributed by atoms with Gasteiger partial charge in [0.25, 0.3) is 5.91 Å². The van der Waals surface area contributed by atoms with Crippen LogP contribution in [0.5, 0.6) is 11.5 Å². The quantitative estimate of drug-likeness (QED) is 0.341. The number of aryl methyl sites for hydroxylation is 1. The van der Waals surface area contributed by atoms with Crippen LogP contribution in [0.2, 0.25) is 15.1 Å². The summed E-state index contributed by atoms with van der Waals surface area (Å²) in [6.07, 6.45) is 1.64. The predicted molar refractivity (Wildman–Crippen MR) is 132 cm³/mol. The maximum absolute atomic E-state index is 12.2. The molecule has 8 heteroatoms. The van der Waals surface area contributed by atoms with Crippen molar-refractivity contribution in [1.82, 2.24) is 0 Å². The van der Waals surface area contributed by atoms with Gasteiger partial charge in [0.1, 0.15) is 5.75 Å². The van der Waals surface area contributed by atoms with Gasteiger partial charge in [0.2, 0.25) is 0 Å². The summed E-state index contributed by atoms with van der Waals surface area (Å²) in [5, 5.41) is 3.83. The van der Waals surface area contributed by atoms with E-state index in [1.165, 1.54) is 0 Å². The number of anilines is 1. The van der Waals surface area contributed by atoms with Gasteiger partial charge in [0.05, 0.1) is 22.3 Å². The number of hydrogen-bond donors (Lipinski definition) is 1. The molecule has 166 valence electrons. The number of nitrogens with one attached hydrogen (secondary N) is 1. The lowest BCUT2D eigenvalue weighted by molar-refractivity contribution is -0.118. The van der Waals surface area contributed by atoms with E-state index in [2.05, 4.69) is 10.3 Å². The highest BCUT2D eigenvalue weighted by Gasteiger charge is 2.12. The normalized spacial score (nSPS) is 10.9. The molecule has 32 heavy (non-hydrogen) atoms. The smallest absolute Gasteiger partial charge is 0.262 e. The molecule has 1 N–H and O–H groups in total. The molecule has 5 nitrogen and oxygen atoms in total. The number of nitrogens with zero attached hydrogens (tertiary/aromatic N) is 1. The second-order valence-electron chi connectivity index (χ2n) is 6.80. The lowest BCUT2D eigenvalue weighted by atomic mass is 10.2. The maximum atomic E-state index is 12.2. The lowest BCUT2D eigenvalue weighted by Gasteiger charge is -2.11. The molecular formula is C24H21Cl3N2O3. The van der Waals surface area contributed by atoms with E-state index in [1.807, 2.05) is 44.2 Å². The zero-order chi connectivity index (χ0) is 23.1. The molecule has 0 spiro atoms. The van der Waals surface area contributed by atoms with Crippen LogP contribution in [0.4, 0.5) is 11.4 Å². The third kappa shape index (κ3) is 6.63. The van der Waals surface area contributed by atoms with Crippen molar-refractivity contribution in [3.63, 3.8) is 0 Å². The molecule has 0 unspecified atom stereocenters. The molecule has 0 bridgehead atoms. The third-order valence-corrected chi connectivity index (χ3v) is 5.30. The van der Waals surface area contributed by atoms with Crippen LogP contribution in [0, 0.1) is 6.92 Å². The Morgan fingerprint density at radius 3 is 2.28 bits per heavy atom. The third-order valence-electron chi connectivity index (χ3n) is 4.33. The number of rotatable bonds is 8. The molecule has 3 rings (SSSR count). The van der Waals surface area contributed by atoms with Crippen LogP contribution in [0.3, 0.4) is 0 Å². The number of carbonyl (C=O) groups excluding carboxylic acids is 1. The summed E-state index contributed by atoms with van der Waals surface area (Å²) in [4.78, 5) is 16.6. The summed E-state index contributed by atoms with van der Waals surface area (Å²) >= 11 is 18.7. The van der Waals surface area contributed by atoms with Crippen molar-refractivity contribution in [3.8, 4) is 11.5 Å². The second kappa shape index (κ2) is 11.2. The van der Waals surface area contributed by atoms with Gasteiger partial charge >= 0.3 is 0 Å².